The summed E-state index contributed by atoms with van der Waals surface area (Å²) in [6.45, 7) is 3.17. The van der Waals surface area contributed by atoms with Crippen molar-refractivity contribution in [1.29, 1.82) is 0 Å². The van der Waals surface area contributed by atoms with E-state index in [0.29, 0.717) is 30.1 Å². The molecule has 0 aliphatic carbocycles. The molecule has 1 amide bonds. The largest absolute Gasteiger partial charge is 0.493 e. The van der Waals surface area contributed by atoms with Crippen LogP contribution in [0.25, 0.3) is 6.08 Å². The SMILES string of the molecule is CCOc1c(Br)cc(C=CC(=O)c2ccc(N3CCCC3=O)cc2)cc1OC. The maximum absolute atomic E-state index is 12.5. The van der Waals surface area contributed by atoms with Crippen molar-refractivity contribution in [2.24, 2.45) is 0 Å². The minimum absolute atomic E-state index is 0.108. The lowest BCUT2D eigenvalue weighted by Gasteiger charge is -2.15. The molecule has 1 aliphatic rings. The molecule has 146 valence electrons. The van der Waals surface area contributed by atoms with Gasteiger partial charge >= 0.3 is 0 Å². The number of hydrogen-bond acceptors (Lipinski definition) is 4. The van der Waals surface area contributed by atoms with Crippen LogP contribution in [-0.2, 0) is 4.79 Å². The zero-order valence-corrected chi connectivity index (χ0v) is 17.5. The first kappa shape index (κ1) is 20.1. The third kappa shape index (κ3) is 4.44. The number of anilines is 1. The molecular weight excluding hydrogens is 422 g/mol. The quantitative estimate of drug-likeness (QED) is 0.451. The van der Waals surface area contributed by atoms with Gasteiger partial charge in [-0.3, -0.25) is 9.59 Å². The normalized spacial score (nSPS) is 14.0. The monoisotopic (exact) mass is 443 g/mol. The van der Waals surface area contributed by atoms with Gasteiger partial charge < -0.3 is 14.4 Å². The van der Waals surface area contributed by atoms with Crippen LogP contribution in [0.2, 0.25) is 0 Å². The second kappa shape index (κ2) is 9.06. The lowest BCUT2D eigenvalue weighted by atomic mass is 10.1. The van der Waals surface area contributed by atoms with Crippen LogP contribution in [-0.4, -0.2) is 32.0 Å². The fraction of sp³-hybridized carbons (Fsp3) is 0.273. The number of methoxy groups -OCH3 is 1. The number of carbonyl (C=O) groups is 2. The summed E-state index contributed by atoms with van der Waals surface area (Å²) in [6, 6.07) is 10.8. The Morgan fingerprint density at radius 2 is 2.00 bits per heavy atom. The lowest BCUT2D eigenvalue weighted by molar-refractivity contribution is -0.117. The van der Waals surface area contributed by atoms with E-state index in [0.717, 1.165) is 28.7 Å². The maximum Gasteiger partial charge on any atom is 0.227 e. The highest BCUT2D eigenvalue weighted by atomic mass is 79.9. The number of benzene rings is 2. The highest BCUT2D eigenvalue weighted by Gasteiger charge is 2.21. The number of rotatable bonds is 7. The van der Waals surface area contributed by atoms with Crippen LogP contribution in [0.4, 0.5) is 5.69 Å². The summed E-state index contributed by atoms with van der Waals surface area (Å²) in [5, 5.41) is 0. The van der Waals surface area contributed by atoms with Gasteiger partial charge in [0.15, 0.2) is 17.3 Å². The number of carbonyl (C=O) groups excluding carboxylic acids is 2. The van der Waals surface area contributed by atoms with Crippen molar-refractivity contribution in [3.8, 4) is 11.5 Å². The minimum atomic E-state index is -0.108. The number of allylic oxidation sites excluding steroid dienone is 1. The van der Waals surface area contributed by atoms with Crippen molar-refractivity contribution >= 4 is 39.4 Å². The third-order valence-corrected chi connectivity index (χ3v) is 5.09. The predicted molar refractivity (Wildman–Crippen MR) is 113 cm³/mol. The van der Waals surface area contributed by atoms with Gasteiger partial charge in [0.25, 0.3) is 0 Å². The molecule has 0 atom stereocenters. The highest BCUT2D eigenvalue weighted by Crippen LogP contribution is 2.37. The highest BCUT2D eigenvalue weighted by molar-refractivity contribution is 9.10. The van der Waals surface area contributed by atoms with Crippen molar-refractivity contribution in [1.82, 2.24) is 0 Å². The van der Waals surface area contributed by atoms with Gasteiger partial charge in [0.2, 0.25) is 5.91 Å². The molecule has 0 bridgehead atoms. The van der Waals surface area contributed by atoms with Crippen LogP contribution in [0.3, 0.4) is 0 Å². The molecule has 0 spiro atoms. The molecule has 0 aromatic heterocycles. The Labute approximate surface area is 173 Å². The molecule has 0 unspecified atom stereocenters. The Morgan fingerprint density at radius 1 is 1.25 bits per heavy atom. The van der Waals surface area contributed by atoms with Gasteiger partial charge in [-0.05, 0) is 77.3 Å². The van der Waals surface area contributed by atoms with Gasteiger partial charge in [-0.2, -0.15) is 0 Å². The first-order valence-electron chi connectivity index (χ1n) is 9.16. The first-order valence-corrected chi connectivity index (χ1v) is 9.96. The number of amides is 1. The lowest BCUT2D eigenvalue weighted by Crippen LogP contribution is -2.23. The fourth-order valence-corrected chi connectivity index (χ4v) is 3.69. The Balaban J connectivity index is 1.74. The zero-order valence-electron chi connectivity index (χ0n) is 15.9. The molecule has 28 heavy (non-hydrogen) atoms. The molecule has 3 rings (SSSR count). The first-order chi connectivity index (χ1) is 13.5. The Bertz CT molecular complexity index is 905. The van der Waals surface area contributed by atoms with Crippen LogP contribution in [0.5, 0.6) is 11.5 Å². The number of nitrogens with zero attached hydrogens (tertiary/aromatic N) is 1. The Hall–Kier alpha value is -2.60. The van der Waals surface area contributed by atoms with Gasteiger partial charge in [-0.1, -0.05) is 6.08 Å². The van der Waals surface area contributed by atoms with E-state index in [1.54, 1.807) is 30.2 Å². The van der Waals surface area contributed by atoms with Crippen molar-refractivity contribution in [2.45, 2.75) is 19.8 Å². The second-order valence-electron chi connectivity index (χ2n) is 6.36. The molecule has 0 N–H and O–H groups in total. The van der Waals surface area contributed by atoms with Crippen molar-refractivity contribution < 1.29 is 19.1 Å². The molecule has 2 aromatic rings. The molecule has 6 heteroatoms. The molecule has 0 radical (unpaired) electrons. The average Bonchev–Trinajstić information content (AvgIpc) is 3.13. The summed E-state index contributed by atoms with van der Waals surface area (Å²) in [6.07, 6.45) is 4.73. The number of ketones is 1. The van der Waals surface area contributed by atoms with Crippen molar-refractivity contribution in [3.63, 3.8) is 0 Å². The third-order valence-electron chi connectivity index (χ3n) is 4.50. The summed E-state index contributed by atoms with van der Waals surface area (Å²) >= 11 is 3.48. The van der Waals surface area contributed by atoms with E-state index >= 15 is 0 Å². The number of hydrogen-bond donors (Lipinski definition) is 0. The van der Waals surface area contributed by atoms with E-state index < -0.39 is 0 Å². The van der Waals surface area contributed by atoms with Crippen LogP contribution in [0.15, 0.2) is 46.9 Å². The van der Waals surface area contributed by atoms with Gasteiger partial charge in [0.1, 0.15) is 0 Å². The maximum atomic E-state index is 12.5. The van der Waals surface area contributed by atoms with Crippen LogP contribution in [0, 0.1) is 0 Å². The molecule has 1 heterocycles. The van der Waals surface area contributed by atoms with Gasteiger partial charge in [-0.25, -0.2) is 0 Å². The number of ether oxygens (including phenoxy) is 2. The summed E-state index contributed by atoms with van der Waals surface area (Å²) in [7, 11) is 1.58. The molecule has 1 fully saturated rings. The molecule has 1 saturated heterocycles. The van der Waals surface area contributed by atoms with E-state index in [-0.39, 0.29) is 11.7 Å². The molecular formula is C22H22BrNO4. The van der Waals surface area contributed by atoms with E-state index in [9.17, 15) is 9.59 Å². The summed E-state index contributed by atoms with van der Waals surface area (Å²) in [5.41, 5.74) is 2.23. The van der Waals surface area contributed by atoms with Crippen LogP contribution < -0.4 is 14.4 Å². The molecule has 0 saturated carbocycles. The summed E-state index contributed by atoms with van der Waals surface area (Å²) in [5.74, 6) is 1.26. The Morgan fingerprint density at radius 3 is 2.61 bits per heavy atom. The smallest absolute Gasteiger partial charge is 0.227 e. The van der Waals surface area contributed by atoms with Crippen LogP contribution >= 0.6 is 15.9 Å². The van der Waals surface area contributed by atoms with E-state index in [4.69, 9.17) is 9.47 Å². The Kier molecular flexibility index (Phi) is 6.52. The van der Waals surface area contributed by atoms with Crippen molar-refractivity contribution in [3.05, 3.63) is 58.1 Å². The fourth-order valence-electron chi connectivity index (χ4n) is 3.12. The molecule has 2 aromatic carbocycles. The van der Waals surface area contributed by atoms with E-state index in [2.05, 4.69) is 15.9 Å². The predicted octanol–water partition coefficient (Wildman–Crippen LogP) is 4.88. The van der Waals surface area contributed by atoms with Gasteiger partial charge in [0, 0.05) is 24.2 Å². The standard InChI is InChI=1S/C22H22BrNO4/c1-3-28-22-18(23)13-15(14-20(22)27-2)6-11-19(25)16-7-9-17(10-8-16)24-12-4-5-21(24)26/h6-11,13-14H,3-5,12H2,1-2H3. The molecule has 5 nitrogen and oxygen atoms in total. The van der Waals surface area contributed by atoms with Gasteiger partial charge in [-0.15, -0.1) is 0 Å². The van der Waals surface area contributed by atoms with Gasteiger partial charge in [0.05, 0.1) is 18.2 Å². The minimum Gasteiger partial charge on any atom is -0.493 e. The van der Waals surface area contributed by atoms with Crippen LogP contribution in [0.1, 0.15) is 35.7 Å². The summed E-state index contributed by atoms with van der Waals surface area (Å²) in [4.78, 5) is 26.1. The molecule has 1 aliphatic heterocycles. The van der Waals surface area contributed by atoms with Crippen molar-refractivity contribution in [2.75, 3.05) is 25.2 Å². The van der Waals surface area contributed by atoms with E-state index in [1.807, 2.05) is 31.2 Å². The summed E-state index contributed by atoms with van der Waals surface area (Å²) < 4.78 is 11.7. The average molecular weight is 444 g/mol. The second-order valence-corrected chi connectivity index (χ2v) is 7.21. The number of halogens is 1. The van der Waals surface area contributed by atoms with E-state index in [1.165, 1.54) is 6.08 Å². The zero-order chi connectivity index (χ0) is 20.1. The topological polar surface area (TPSA) is 55.8 Å².